The molecule has 0 radical (unpaired) electrons. The molecule has 0 saturated heterocycles. The average Bonchev–Trinajstić information content (AvgIpc) is 2.26. The van der Waals surface area contributed by atoms with Gasteiger partial charge in [0.25, 0.3) is 0 Å². The Morgan fingerprint density at radius 1 is 1.53 bits per heavy atom. The van der Waals surface area contributed by atoms with E-state index in [0.29, 0.717) is 30.7 Å². The molecule has 0 amide bonds. The third kappa shape index (κ3) is 2.94. The molecule has 1 saturated carbocycles. The summed E-state index contributed by atoms with van der Waals surface area (Å²) in [7, 11) is 0. The van der Waals surface area contributed by atoms with E-state index in [4.69, 9.17) is 4.74 Å². The fourth-order valence-corrected chi connectivity index (χ4v) is 2.18. The summed E-state index contributed by atoms with van der Waals surface area (Å²) in [5.74, 6) is 0.993. The summed E-state index contributed by atoms with van der Waals surface area (Å²) in [6.07, 6.45) is 2.41. The number of aryl methyl sites for hydroxylation is 1. The number of ether oxygens (including phenoxy) is 1. The Balaban J connectivity index is 2.04. The van der Waals surface area contributed by atoms with Gasteiger partial charge >= 0.3 is 5.97 Å². The Morgan fingerprint density at radius 2 is 2.26 bits per heavy atom. The first-order valence-corrected chi connectivity index (χ1v) is 6.51. The highest BCUT2D eigenvalue weighted by atomic mass is 16.5. The summed E-state index contributed by atoms with van der Waals surface area (Å²) in [6.45, 7) is 4.60. The third-order valence-corrected chi connectivity index (χ3v) is 3.48. The highest BCUT2D eigenvalue weighted by molar-refractivity contribution is 5.76. The van der Waals surface area contributed by atoms with Gasteiger partial charge in [-0.15, -0.1) is 0 Å². The maximum absolute atomic E-state index is 11.3. The van der Waals surface area contributed by atoms with Crippen LogP contribution in [0, 0.1) is 12.3 Å². The smallest absolute Gasteiger partial charge is 0.311 e. The summed E-state index contributed by atoms with van der Waals surface area (Å²) in [4.78, 5) is 19.7. The first kappa shape index (κ1) is 13.6. The molecule has 1 fully saturated rings. The molecular weight excluding hydrogens is 246 g/mol. The number of carbonyl (C=O) groups is 1. The molecule has 1 aliphatic carbocycles. The number of nitrogens with one attached hydrogen (secondary N) is 1. The predicted octanol–water partition coefficient (Wildman–Crippen LogP) is 1.85. The first-order chi connectivity index (χ1) is 9.05. The van der Waals surface area contributed by atoms with Crippen molar-refractivity contribution in [3.63, 3.8) is 0 Å². The molecule has 6 nitrogen and oxygen atoms in total. The molecule has 104 valence electrons. The molecule has 19 heavy (non-hydrogen) atoms. The van der Waals surface area contributed by atoms with E-state index in [2.05, 4.69) is 15.3 Å². The van der Waals surface area contributed by atoms with Gasteiger partial charge in [0.1, 0.15) is 11.6 Å². The van der Waals surface area contributed by atoms with Gasteiger partial charge in [0.2, 0.25) is 5.88 Å². The maximum atomic E-state index is 11.3. The lowest BCUT2D eigenvalue weighted by Gasteiger charge is -2.37. The Kier molecular flexibility index (Phi) is 3.87. The molecule has 1 aromatic heterocycles. The Hall–Kier alpha value is -1.85. The molecule has 0 aromatic carbocycles. The zero-order valence-corrected chi connectivity index (χ0v) is 11.3. The topological polar surface area (TPSA) is 84.3 Å². The number of carboxylic acids is 1. The Bertz CT molecular complexity index is 472. The van der Waals surface area contributed by atoms with E-state index in [9.17, 15) is 9.90 Å². The normalized spacial score (nSPS) is 16.5. The Labute approximate surface area is 112 Å². The average molecular weight is 265 g/mol. The molecule has 0 bridgehead atoms. The zero-order chi connectivity index (χ0) is 13.9. The molecular formula is C13H19N3O3. The second-order valence-electron chi connectivity index (χ2n) is 4.86. The lowest BCUT2D eigenvalue weighted by molar-refractivity contribution is -0.153. The second kappa shape index (κ2) is 5.42. The number of anilines is 1. The summed E-state index contributed by atoms with van der Waals surface area (Å²) >= 11 is 0. The molecule has 2 N–H and O–H groups in total. The third-order valence-electron chi connectivity index (χ3n) is 3.48. The van der Waals surface area contributed by atoms with Crippen LogP contribution in [0.4, 0.5) is 5.82 Å². The van der Waals surface area contributed by atoms with Gasteiger partial charge < -0.3 is 15.2 Å². The number of rotatable bonds is 6. The number of nitrogens with zero attached hydrogens (tertiary/aromatic N) is 2. The number of carboxylic acid groups (broad SMARTS) is 1. The largest absolute Gasteiger partial charge is 0.481 e. The van der Waals surface area contributed by atoms with Crippen molar-refractivity contribution in [2.24, 2.45) is 5.41 Å². The fourth-order valence-electron chi connectivity index (χ4n) is 2.18. The molecule has 0 aliphatic heterocycles. The maximum Gasteiger partial charge on any atom is 0.311 e. The number of hydrogen-bond donors (Lipinski definition) is 2. The van der Waals surface area contributed by atoms with Crippen LogP contribution in [0.5, 0.6) is 5.88 Å². The molecule has 1 aliphatic rings. The van der Waals surface area contributed by atoms with Crippen LogP contribution in [0.15, 0.2) is 6.07 Å². The van der Waals surface area contributed by atoms with Crippen molar-refractivity contribution in [1.82, 2.24) is 9.97 Å². The van der Waals surface area contributed by atoms with Crippen LogP contribution in [0.2, 0.25) is 0 Å². The zero-order valence-electron chi connectivity index (χ0n) is 11.3. The van der Waals surface area contributed by atoms with Crippen LogP contribution in [0.1, 0.15) is 32.0 Å². The van der Waals surface area contributed by atoms with Crippen LogP contribution in [-0.4, -0.2) is 34.2 Å². The standard InChI is InChI=1S/C13H19N3O3/c1-3-19-11-7-10(15-9(2)16-11)14-8-13(12(17)18)5-4-6-13/h7H,3-6,8H2,1-2H3,(H,17,18)(H,14,15,16). The number of aliphatic carboxylic acids is 1. The van der Waals surface area contributed by atoms with Crippen molar-refractivity contribution in [2.75, 3.05) is 18.5 Å². The SMILES string of the molecule is CCOc1cc(NCC2(C(=O)O)CCC2)nc(C)n1. The van der Waals surface area contributed by atoms with Gasteiger partial charge in [-0.3, -0.25) is 4.79 Å². The van der Waals surface area contributed by atoms with E-state index in [-0.39, 0.29) is 0 Å². The van der Waals surface area contributed by atoms with E-state index in [1.807, 2.05) is 6.92 Å². The number of hydrogen-bond acceptors (Lipinski definition) is 5. The lowest BCUT2D eigenvalue weighted by atomic mass is 9.69. The minimum Gasteiger partial charge on any atom is -0.481 e. The fraction of sp³-hybridized carbons (Fsp3) is 0.615. The quantitative estimate of drug-likeness (QED) is 0.816. The molecule has 0 atom stereocenters. The van der Waals surface area contributed by atoms with Crippen LogP contribution >= 0.6 is 0 Å². The monoisotopic (exact) mass is 265 g/mol. The van der Waals surface area contributed by atoms with E-state index >= 15 is 0 Å². The van der Waals surface area contributed by atoms with Gasteiger partial charge in [-0.2, -0.15) is 4.98 Å². The van der Waals surface area contributed by atoms with Crippen molar-refractivity contribution < 1.29 is 14.6 Å². The molecule has 2 rings (SSSR count). The molecule has 0 unspecified atom stereocenters. The molecule has 1 heterocycles. The summed E-state index contributed by atoms with van der Waals surface area (Å²) < 4.78 is 5.34. The van der Waals surface area contributed by atoms with Crippen LogP contribution in [-0.2, 0) is 4.79 Å². The minimum absolute atomic E-state index is 0.393. The first-order valence-electron chi connectivity index (χ1n) is 6.51. The van der Waals surface area contributed by atoms with Crippen molar-refractivity contribution in [2.45, 2.75) is 33.1 Å². The van der Waals surface area contributed by atoms with E-state index in [1.165, 1.54) is 0 Å². The van der Waals surface area contributed by atoms with Crippen molar-refractivity contribution in [3.8, 4) is 5.88 Å². The van der Waals surface area contributed by atoms with Gasteiger partial charge in [0, 0.05) is 12.6 Å². The predicted molar refractivity (Wildman–Crippen MR) is 70.3 cm³/mol. The second-order valence-corrected chi connectivity index (χ2v) is 4.86. The number of aromatic nitrogens is 2. The Morgan fingerprint density at radius 3 is 2.79 bits per heavy atom. The van der Waals surface area contributed by atoms with Crippen LogP contribution < -0.4 is 10.1 Å². The van der Waals surface area contributed by atoms with Gasteiger partial charge in [-0.1, -0.05) is 6.42 Å². The van der Waals surface area contributed by atoms with Crippen LogP contribution in [0.25, 0.3) is 0 Å². The van der Waals surface area contributed by atoms with Gasteiger partial charge in [0.15, 0.2) is 0 Å². The highest BCUT2D eigenvalue weighted by Gasteiger charge is 2.44. The van der Waals surface area contributed by atoms with E-state index in [1.54, 1.807) is 13.0 Å². The van der Waals surface area contributed by atoms with Gasteiger partial charge in [0.05, 0.1) is 12.0 Å². The van der Waals surface area contributed by atoms with E-state index in [0.717, 1.165) is 19.3 Å². The summed E-state index contributed by atoms with van der Waals surface area (Å²) in [5, 5.41) is 12.4. The minimum atomic E-state index is -0.734. The summed E-state index contributed by atoms with van der Waals surface area (Å²) in [5.41, 5.74) is -0.634. The van der Waals surface area contributed by atoms with Crippen molar-refractivity contribution in [3.05, 3.63) is 11.9 Å². The van der Waals surface area contributed by atoms with E-state index < -0.39 is 11.4 Å². The van der Waals surface area contributed by atoms with Gasteiger partial charge in [-0.05, 0) is 26.7 Å². The summed E-state index contributed by atoms with van der Waals surface area (Å²) in [6, 6.07) is 1.70. The van der Waals surface area contributed by atoms with Crippen molar-refractivity contribution in [1.29, 1.82) is 0 Å². The molecule has 1 aromatic rings. The van der Waals surface area contributed by atoms with Crippen LogP contribution in [0.3, 0.4) is 0 Å². The lowest BCUT2D eigenvalue weighted by Crippen LogP contribution is -2.43. The molecule has 0 spiro atoms. The van der Waals surface area contributed by atoms with Gasteiger partial charge in [-0.25, -0.2) is 4.98 Å². The highest BCUT2D eigenvalue weighted by Crippen LogP contribution is 2.41. The van der Waals surface area contributed by atoms with Crippen molar-refractivity contribution >= 4 is 11.8 Å². The molecule has 6 heteroatoms.